The lowest BCUT2D eigenvalue weighted by molar-refractivity contribution is -0.384. The van der Waals surface area contributed by atoms with Crippen LogP contribution in [0.3, 0.4) is 0 Å². The molecule has 0 aliphatic carbocycles. The summed E-state index contributed by atoms with van der Waals surface area (Å²) in [6.45, 7) is 1.95. The first kappa shape index (κ1) is 14.4. The molecule has 0 aliphatic heterocycles. The highest BCUT2D eigenvalue weighted by atomic mass is 127. The Morgan fingerprint density at radius 3 is 2.65 bits per heavy atom. The van der Waals surface area contributed by atoms with Gasteiger partial charge in [-0.2, -0.15) is 0 Å². The number of benzene rings is 2. The van der Waals surface area contributed by atoms with Gasteiger partial charge in [0.05, 0.1) is 10.5 Å². The lowest BCUT2D eigenvalue weighted by Crippen LogP contribution is -2.13. The first-order chi connectivity index (χ1) is 9.47. The second-order valence-electron chi connectivity index (χ2n) is 4.24. The standard InChI is InChI=1S/C14H11IN2O3/c1-9-5-6-12(13(15)7-9)14(18)16-10-3-2-4-11(8-10)17(19)20/h2-8H,1H3,(H,16,18). The first-order valence-corrected chi connectivity index (χ1v) is 6.87. The molecule has 0 fully saturated rings. The highest BCUT2D eigenvalue weighted by molar-refractivity contribution is 14.1. The molecule has 2 rings (SSSR count). The van der Waals surface area contributed by atoms with Crippen LogP contribution in [-0.4, -0.2) is 10.8 Å². The number of hydrogen-bond donors (Lipinski definition) is 1. The number of nitro benzene ring substituents is 1. The molecule has 5 nitrogen and oxygen atoms in total. The van der Waals surface area contributed by atoms with Crippen molar-refractivity contribution in [3.8, 4) is 0 Å². The van der Waals surface area contributed by atoms with Crippen molar-refractivity contribution in [1.82, 2.24) is 0 Å². The Morgan fingerprint density at radius 2 is 2.00 bits per heavy atom. The van der Waals surface area contributed by atoms with Crippen LogP contribution in [0, 0.1) is 20.6 Å². The number of nitro groups is 1. The predicted octanol–water partition coefficient (Wildman–Crippen LogP) is 3.76. The van der Waals surface area contributed by atoms with Gasteiger partial charge in [0.15, 0.2) is 0 Å². The van der Waals surface area contributed by atoms with E-state index in [4.69, 9.17) is 0 Å². The third kappa shape index (κ3) is 3.32. The summed E-state index contributed by atoms with van der Waals surface area (Å²) in [4.78, 5) is 22.3. The molecule has 0 bridgehead atoms. The van der Waals surface area contributed by atoms with E-state index in [2.05, 4.69) is 27.9 Å². The van der Waals surface area contributed by atoms with Crippen LogP contribution in [0.2, 0.25) is 0 Å². The molecule has 0 saturated heterocycles. The maximum Gasteiger partial charge on any atom is 0.271 e. The Balaban J connectivity index is 2.23. The van der Waals surface area contributed by atoms with Gasteiger partial charge in [0.1, 0.15) is 0 Å². The summed E-state index contributed by atoms with van der Waals surface area (Å²) in [5.74, 6) is -0.283. The summed E-state index contributed by atoms with van der Waals surface area (Å²) in [5.41, 5.74) is 1.96. The topological polar surface area (TPSA) is 72.2 Å². The van der Waals surface area contributed by atoms with Crippen LogP contribution in [0.25, 0.3) is 0 Å². The van der Waals surface area contributed by atoms with Gasteiger partial charge in [-0.3, -0.25) is 14.9 Å². The Morgan fingerprint density at radius 1 is 1.25 bits per heavy atom. The van der Waals surface area contributed by atoms with Crippen LogP contribution < -0.4 is 5.32 Å². The number of non-ortho nitro benzene ring substituents is 1. The molecular weight excluding hydrogens is 371 g/mol. The zero-order valence-electron chi connectivity index (χ0n) is 10.6. The van der Waals surface area contributed by atoms with Gasteiger partial charge in [0.25, 0.3) is 11.6 Å². The highest BCUT2D eigenvalue weighted by Gasteiger charge is 2.12. The number of hydrogen-bond acceptors (Lipinski definition) is 3. The van der Waals surface area contributed by atoms with Crippen molar-refractivity contribution >= 4 is 39.9 Å². The average molecular weight is 382 g/mol. The smallest absolute Gasteiger partial charge is 0.271 e. The fraction of sp³-hybridized carbons (Fsp3) is 0.0714. The van der Waals surface area contributed by atoms with Crippen molar-refractivity contribution in [3.05, 3.63) is 67.3 Å². The van der Waals surface area contributed by atoms with Crippen LogP contribution in [-0.2, 0) is 0 Å². The molecule has 0 aromatic heterocycles. The highest BCUT2D eigenvalue weighted by Crippen LogP contribution is 2.19. The second kappa shape index (κ2) is 6.00. The van der Waals surface area contributed by atoms with Crippen molar-refractivity contribution in [2.24, 2.45) is 0 Å². The lowest BCUT2D eigenvalue weighted by Gasteiger charge is -2.07. The fourth-order valence-corrected chi connectivity index (χ4v) is 2.62. The van der Waals surface area contributed by atoms with Gasteiger partial charge in [-0.25, -0.2) is 0 Å². The van der Waals surface area contributed by atoms with E-state index in [-0.39, 0.29) is 11.6 Å². The Kier molecular flexibility index (Phi) is 4.33. The van der Waals surface area contributed by atoms with Gasteiger partial charge in [-0.15, -0.1) is 0 Å². The maximum absolute atomic E-state index is 12.1. The van der Waals surface area contributed by atoms with E-state index in [0.717, 1.165) is 9.13 Å². The maximum atomic E-state index is 12.1. The van der Waals surface area contributed by atoms with Gasteiger partial charge >= 0.3 is 0 Å². The zero-order chi connectivity index (χ0) is 14.7. The molecule has 0 spiro atoms. The third-order valence-electron chi connectivity index (χ3n) is 2.68. The molecule has 20 heavy (non-hydrogen) atoms. The third-order valence-corrected chi connectivity index (χ3v) is 3.58. The van der Waals surface area contributed by atoms with E-state index in [1.807, 2.05) is 19.1 Å². The lowest BCUT2D eigenvalue weighted by atomic mass is 10.1. The number of carbonyl (C=O) groups is 1. The number of halogens is 1. The number of nitrogens with one attached hydrogen (secondary N) is 1. The molecule has 0 unspecified atom stereocenters. The largest absolute Gasteiger partial charge is 0.322 e. The van der Waals surface area contributed by atoms with E-state index in [1.165, 1.54) is 18.2 Å². The summed E-state index contributed by atoms with van der Waals surface area (Å²) in [7, 11) is 0. The molecule has 2 aromatic rings. The monoisotopic (exact) mass is 382 g/mol. The minimum Gasteiger partial charge on any atom is -0.322 e. The van der Waals surface area contributed by atoms with E-state index in [0.29, 0.717) is 11.3 Å². The Labute approximate surface area is 129 Å². The van der Waals surface area contributed by atoms with Crippen molar-refractivity contribution in [2.75, 3.05) is 5.32 Å². The van der Waals surface area contributed by atoms with Gasteiger partial charge in [-0.05, 0) is 47.7 Å². The second-order valence-corrected chi connectivity index (χ2v) is 5.41. The van der Waals surface area contributed by atoms with Crippen LogP contribution in [0.4, 0.5) is 11.4 Å². The van der Waals surface area contributed by atoms with Crippen molar-refractivity contribution in [3.63, 3.8) is 0 Å². The summed E-state index contributed by atoms with van der Waals surface area (Å²) >= 11 is 2.09. The SMILES string of the molecule is Cc1ccc(C(=O)Nc2cccc([N+](=O)[O-])c2)c(I)c1. The van der Waals surface area contributed by atoms with E-state index < -0.39 is 4.92 Å². The first-order valence-electron chi connectivity index (χ1n) is 5.79. The predicted molar refractivity (Wildman–Crippen MR) is 84.9 cm³/mol. The van der Waals surface area contributed by atoms with Crippen molar-refractivity contribution in [1.29, 1.82) is 0 Å². The molecule has 1 amide bonds. The summed E-state index contributed by atoms with van der Waals surface area (Å²) in [6, 6.07) is 11.4. The van der Waals surface area contributed by atoms with Gasteiger partial charge in [0, 0.05) is 21.4 Å². The minimum atomic E-state index is -0.495. The molecule has 0 heterocycles. The number of aryl methyl sites for hydroxylation is 1. The summed E-state index contributed by atoms with van der Waals surface area (Å²) < 4.78 is 0.838. The van der Waals surface area contributed by atoms with Crippen LogP contribution in [0.1, 0.15) is 15.9 Å². The number of nitrogens with zero attached hydrogens (tertiary/aromatic N) is 1. The molecule has 1 N–H and O–H groups in total. The fourth-order valence-electron chi connectivity index (χ4n) is 1.70. The number of carbonyl (C=O) groups excluding carboxylic acids is 1. The molecule has 0 saturated carbocycles. The van der Waals surface area contributed by atoms with Crippen LogP contribution in [0.15, 0.2) is 42.5 Å². The molecule has 0 radical (unpaired) electrons. The van der Waals surface area contributed by atoms with Crippen LogP contribution in [0.5, 0.6) is 0 Å². The number of anilines is 1. The number of amides is 1. The van der Waals surface area contributed by atoms with Crippen LogP contribution >= 0.6 is 22.6 Å². The molecular formula is C14H11IN2O3. The van der Waals surface area contributed by atoms with Gasteiger partial charge < -0.3 is 5.32 Å². The van der Waals surface area contributed by atoms with E-state index in [1.54, 1.807) is 12.1 Å². The summed E-state index contributed by atoms with van der Waals surface area (Å²) in [6.07, 6.45) is 0. The van der Waals surface area contributed by atoms with Crippen molar-refractivity contribution in [2.45, 2.75) is 6.92 Å². The molecule has 0 atom stereocenters. The van der Waals surface area contributed by atoms with Gasteiger partial charge in [-0.1, -0.05) is 17.7 Å². The average Bonchev–Trinajstić information content (AvgIpc) is 2.38. The number of rotatable bonds is 3. The Hall–Kier alpha value is -1.96. The summed E-state index contributed by atoms with van der Waals surface area (Å²) in [5, 5.41) is 13.4. The molecule has 2 aromatic carbocycles. The zero-order valence-corrected chi connectivity index (χ0v) is 12.7. The van der Waals surface area contributed by atoms with Gasteiger partial charge in [0.2, 0.25) is 0 Å². The van der Waals surface area contributed by atoms with E-state index >= 15 is 0 Å². The Bertz CT molecular complexity index is 686. The molecule has 102 valence electrons. The molecule has 0 aliphatic rings. The quantitative estimate of drug-likeness (QED) is 0.499. The van der Waals surface area contributed by atoms with E-state index in [9.17, 15) is 14.9 Å². The minimum absolute atomic E-state index is 0.0543. The molecule has 6 heteroatoms. The van der Waals surface area contributed by atoms with Crippen molar-refractivity contribution < 1.29 is 9.72 Å². The normalized spacial score (nSPS) is 10.1.